The predicted octanol–water partition coefficient (Wildman–Crippen LogP) is 4.25. The van der Waals surface area contributed by atoms with Gasteiger partial charge in [-0.2, -0.15) is 0 Å². The number of aryl methyl sites for hydroxylation is 2. The monoisotopic (exact) mass is 464 g/mol. The fourth-order valence-corrected chi connectivity index (χ4v) is 2.81. The Bertz CT molecular complexity index is 584. The number of halogens is 2. The highest BCUT2D eigenvalue weighted by Crippen LogP contribution is 2.16. The molecule has 3 nitrogen and oxygen atoms in total. The zero-order chi connectivity index (χ0) is 13.8. The lowest BCUT2D eigenvalue weighted by Crippen LogP contribution is -2.03. The van der Waals surface area contributed by atoms with Gasteiger partial charge in [0.05, 0.1) is 5.75 Å². The number of hydrogen-bond acceptors (Lipinski definition) is 4. The fourth-order valence-electron chi connectivity index (χ4n) is 1.61. The molecule has 0 spiro atoms. The first kappa shape index (κ1) is 17.6. The molecule has 2 aromatic rings. The van der Waals surface area contributed by atoms with E-state index in [1.54, 1.807) is 0 Å². The lowest BCUT2D eigenvalue weighted by molar-refractivity contribution is 0.102. The molecule has 2 rings (SSSR count). The molecule has 1 heterocycles. The highest BCUT2D eigenvalue weighted by Gasteiger charge is 2.08. The second kappa shape index (κ2) is 8.09. The number of benzene rings is 1. The second-order valence-electron chi connectivity index (χ2n) is 4.15. The number of rotatable bonds is 4. The van der Waals surface area contributed by atoms with Crippen LogP contribution in [-0.2, 0) is 0 Å². The topological polar surface area (TPSA) is 42.9 Å². The van der Waals surface area contributed by atoms with Crippen LogP contribution in [0, 0.1) is 17.4 Å². The van der Waals surface area contributed by atoms with Crippen LogP contribution in [0.4, 0.5) is 0 Å². The molecule has 0 bridgehead atoms. The first-order chi connectivity index (χ1) is 9.04. The van der Waals surface area contributed by atoms with E-state index in [0.29, 0.717) is 10.9 Å². The summed E-state index contributed by atoms with van der Waals surface area (Å²) in [4.78, 5) is 20.6. The van der Waals surface area contributed by atoms with Crippen LogP contribution in [0.2, 0.25) is 0 Å². The van der Waals surface area contributed by atoms with Crippen molar-refractivity contribution in [1.29, 1.82) is 0 Å². The number of hydrogen-bond donors (Lipinski definition) is 0. The average molecular weight is 465 g/mol. The molecule has 0 aliphatic carbocycles. The van der Waals surface area contributed by atoms with E-state index < -0.39 is 0 Å². The molecule has 1 aromatic carbocycles. The van der Waals surface area contributed by atoms with E-state index in [2.05, 4.69) is 32.6 Å². The molecule has 20 heavy (non-hydrogen) atoms. The second-order valence-corrected chi connectivity index (χ2v) is 6.34. The van der Waals surface area contributed by atoms with Crippen LogP contribution >= 0.6 is 51.3 Å². The summed E-state index contributed by atoms with van der Waals surface area (Å²) >= 11 is 3.60. The third-order valence-electron chi connectivity index (χ3n) is 2.46. The van der Waals surface area contributed by atoms with E-state index in [-0.39, 0.29) is 22.8 Å². The van der Waals surface area contributed by atoms with Gasteiger partial charge in [-0.25, -0.2) is 9.97 Å². The molecule has 106 valence electrons. The SMILES string of the molecule is Br.Cc1cc(C)nc(SCC(=O)c2ccc(I)cc2)n1. The molecule has 1 aromatic heterocycles. The van der Waals surface area contributed by atoms with Gasteiger partial charge in [0.15, 0.2) is 10.9 Å². The maximum atomic E-state index is 12.0. The highest BCUT2D eigenvalue weighted by molar-refractivity contribution is 14.1. The van der Waals surface area contributed by atoms with E-state index >= 15 is 0 Å². The first-order valence-corrected chi connectivity index (χ1v) is 7.85. The summed E-state index contributed by atoms with van der Waals surface area (Å²) in [5, 5.41) is 0.663. The number of Topliss-reactive ketones (excluding diaryl/α,β-unsaturated/α-hetero) is 1. The van der Waals surface area contributed by atoms with Gasteiger partial charge in [-0.05, 0) is 54.6 Å². The summed E-state index contributed by atoms with van der Waals surface area (Å²) in [6.45, 7) is 3.86. The van der Waals surface area contributed by atoms with Crippen molar-refractivity contribution in [3.8, 4) is 0 Å². The van der Waals surface area contributed by atoms with Gasteiger partial charge >= 0.3 is 0 Å². The van der Waals surface area contributed by atoms with Crippen molar-refractivity contribution in [2.24, 2.45) is 0 Å². The van der Waals surface area contributed by atoms with Gasteiger partial charge in [-0.15, -0.1) is 17.0 Å². The Hall–Kier alpha value is -0.470. The van der Waals surface area contributed by atoms with Crippen molar-refractivity contribution in [2.75, 3.05) is 5.75 Å². The van der Waals surface area contributed by atoms with Gasteiger partial charge in [-0.3, -0.25) is 4.79 Å². The van der Waals surface area contributed by atoms with E-state index in [9.17, 15) is 4.79 Å². The third kappa shape index (κ3) is 5.14. The van der Waals surface area contributed by atoms with E-state index in [0.717, 1.165) is 20.5 Å². The standard InChI is InChI=1S/C14H13IN2OS.BrH/c1-9-7-10(2)17-14(16-9)19-8-13(18)11-3-5-12(15)6-4-11;/h3-7H,8H2,1-2H3;1H. The summed E-state index contributed by atoms with van der Waals surface area (Å²) in [6, 6.07) is 9.50. The van der Waals surface area contributed by atoms with Gasteiger partial charge in [0.25, 0.3) is 0 Å². The zero-order valence-electron chi connectivity index (χ0n) is 11.1. The molecule has 0 aliphatic heterocycles. The van der Waals surface area contributed by atoms with Gasteiger partial charge in [0, 0.05) is 20.5 Å². The fraction of sp³-hybridized carbons (Fsp3) is 0.214. The van der Waals surface area contributed by atoms with Crippen LogP contribution in [0.5, 0.6) is 0 Å². The molecule has 0 N–H and O–H groups in total. The van der Waals surface area contributed by atoms with Crippen LogP contribution in [0.15, 0.2) is 35.5 Å². The number of aromatic nitrogens is 2. The molecule has 0 aliphatic rings. The first-order valence-electron chi connectivity index (χ1n) is 5.78. The van der Waals surface area contributed by atoms with Crippen molar-refractivity contribution in [3.05, 3.63) is 50.9 Å². The summed E-state index contributed by atoms with van der Waals surface area (Å²) < 4.78 is 1.12. The third-order valence-corrected chi connectivity index (χ3v) is 4.03. The van der Waals surface area contributed by atoms with Crippen molar-refractivity contribution >= 4 is 57.1 Å². The molecule has 0 saturated carbocycles. The van der Waals surface area contributed by atoms with Crippen LogP contribution in [-0.4, -0.2) is 21.5 Å². The van der Waals surface area contributed by atoms with Crippen molar-refractivity contribution in [3.63, 3.8) is 0 Å². The average Bonchev–Trinajstić information content (AvgIpc) is 2.36. The Labute approximate surface area is 146 Å². The summed E-state index contributed by atoms with van der Waals surface area (Å²) in [6.07, 6.45) is 0. The molecular formula is C14H14BrIN2OS. The lowest BCUT2D eigenvalue weighted by Gasteiger charge is -2.03. The van der Waals surface area contributed by atoms with Gasteiger partial charge in [0.1, 0.15) is 0 Å². The van der Waals surface area contributed by atoms with Crippen LogP contribution in [0.25, 0.3) is 0 Å². The normalized spacial score (nSPS) is 9.95. The van der Waals surface area contributed by atoms with Crippen molar-refractivity contribution in [1.82, 2.24) is 9.97 Å². The van der Waals surface area contributed by atoms with Crippen LogP contribution in [0.3, 0.4) is 0 Å². The lowest BCUT2D eigenvalue weighted by atomic mass is 10.2. The van der Waals surface area contributed by atoms with Gasteiger partial charge in [-0.1, -0.05) is 23.9 Å². The van der Waals surface area contributed by atoms with Gasteiger partial charge < -0.3 is 0 Å². The molecule has 0 atom stereocenters. The molecular weight excluding hydrogens is 451 g/mol. The smallest absolute Gasteiger partial charge is 0.188 e. The van der Waals surface area contributed by atoms with E-state index in [1.807, 2.05) is 44.2 Å². The minimum absolute atomic E-state index is 0. The minimum Gasteiger partial charge on any atom is -0.293 e. The molecule has 0 fully saturated rings. The molecule has 0 saturated heterocycles. The zero-order valence-corrected chi connectivity index (χ0v) is 15.8. The van der Waals surface area contributed by atoms with Crippen LogP contribution in [0.1, 0.15) is 21.7 Å². The molecule has 0 amide bonds. The maximum absolute atomic E-state index is 12.0. The molecule has 0 radical (unpaired) electrons. The summed E-state index contributed by atoms with van der Waals surface area (Å²) in [5.41, 5.74) is 2.59. The number of carbonyl (C=O) groups is 1. The number of nitrogens with zero attached hydrogens (tertiary/aromatic N) is 2. The Morgan fingerprint density at radius 3 is 2.25 bits per heavy atom. The maximum Gasteiger partial charge on any atom is 0.188 e. The number of ketones is 1. The Morgan fingerprint density at radius 1 is 1.15 bits per heavy atom. The molecule has 6 heteroatoms. The number of carbonyl (C=O) groups excluding carboxylic acids is 1. The predicted molar refractivity (Wildman–Crippen MR) is 96.0 cm³/mol. The Morgan fingerprint density at radius 2 is 1.70 bits per heavy atom. The van der Waals surface area contributed by atoms with Gasteiger partial charge in [0.2, 0.25) is 0 Å². The Kier molecular flexibility index (Phi) is 7.11. The van der Waals surface area contributed by atoms with Crippen LogP contribution < -0.4 is 0 Å². The summed E-state index contributed by atoms with van der Waals surface area (Å²) in [7, 11) is 0. The van der Waals surface area contributed by atoms with Crippen molar-refractivity contribution in [2.45, 2.75) is 19.0 Å². The molecule has 0 unspecified atom stereocenters. The van der Waals surface area contributed by atoms with E-state index in [4.69, 9.17) is 0 Å². The summed E-state index contributed by atoms with van der Waals surface area (Å²) in [5.74, 6) is 0.466. The number of thioether (sulfide) groups is 1. The Balaban J connectivity index is 0.00000200. The minimum atomic E-state index is 0. The van der Waals surface area contributed by atoms with E-state index in [1.165, 1.54) is 11.8 Å². The highest BCUT2D eigenvalue weighted by atomic mass is 127. The van der Waals surface area contributed by atoms with Crippen molar-refractivity contribution < 1.29 is 4.79 Å². The quantitative estimate of drug-likeness (QED) is 0.293. The largest absolute Gasteiger partial charge is 0.293 e.